The van der Waals surface area contributed by atoms with Crippen LogP contribution in [0.15, 0.2) is 18.2 Å². The highest BCUT2D eigenvalue weighted by atomic mass is 19.1. The fourth-order valence-corrected chi connectivity index (χ4v) is 1.11. The maximum atomic E-state index is 13.2. The van der Waals surface area contributed by atoms with E-state index in [1.165, 1.54) is 12.1 Å². The molecule has 0 aromatic heterocycles. The molecule has 0 unspecified atom stereocenters. The average molecular weight is 235 g/mol. The summed E-state index contributed by atoms with van der Waals surface area (Å²) in [5, 5.41) is 12.4. The largest absolute Gasteiger partial charge is 0.335 e. The first-order valence-corrected chi connectivity index (χ1v) is 4.77. The molecule has 0 saturated carbocycles. The van der Waals surface area contributed by atoms with E-state index in [0.717, 1.165) is 5.56 Å². The number of anilines is 1. The molecular formula is C11H10FN3O2. The van der Waals surface area contributed by atoms with Gasteiger partial charge in [0.25, 0.3) is 0 Å². The molecule has 5 nitrogen and oxygen atoms in total. The van der Waals surface area contributed by atoms with Crippen LogP contribution >= 0.6 is 0 Å². The van der Waals surface area contributed by atoms with Crippen LogP contribution < -0.4 is 10.6 Å². The van der Waals surface area contributed by atoms with E-state index in [2.05, 4.69) is 10.6 Å². The Morgan fingerprint density at radius 3 is 2.76 bits per heavy atom. The fraction of sp³-hybridized carbons (Fsp3) is 0.182. The number of carbonyl (C=O) groups excluding carboxylic acids is 2. The minimum Gasteiger partial charge on any atom is -0.335 e. The summed E-state index contributed by atoms with van der Waals surface area (Å²) in [6.45, 7) is 1.45. The van der Waals surface area contributed by atoms with Crippen LogP contribution in [0, 0.1) is 24.1 Å². The van der Waals surface area contributed by atoms with Crippen LogP contribution in [-0.2, 0) is 9.59 Å². The molecule has 2 N–H and O–H groups in total. The number of benzene rings is 1. The first kappa shape index (κ1) is 12.6. The van der Waals surface area contributed by atoms with E-state index in [1.54, 1.807) is 19.1 Å². The summed E-state index contributed by atoms with van der Waals surface area (Å²) in [6, 6.07) is 5.79. The molecule has 2 amide bonds. The van der Waals surface area contributed by atoms with Gasteiger partial charge in [0.05, 0.1) is 11.8 Å². The molecule has 0 spiro atoms. The number of nitriles is 1. The molecule has 0 heterocycles. The Morgan fingerprint density at radius 2 is 2.12 bits per heavy atom. The van der Waals surface area contributed by atoms with E-state index >= 15 is 0 Å². The van der Waals surface area contributed by atoms with E-state index in [4.69, 9.17) is 5.26 Å². The van der Waals surface area contributed by atoms with Gasteiger partial charge in [-0.05, 0) is 24.6 Å². The highest BCUT2D eigenvalue weighted by Crippen LogP contribution is 2.15. The molecule has 1 rings (SSSR count). The van der Waals surface area contributed by atoms with Crippen molar-refractivity contribution in [3.05, 3.63) is 29.6 Å². The van der Waals surface area contributed by atoms with Crippen molar-refractivity contribution in [1.82, 2.24) is 5.32 Å². The average Bonchev–Trinajstić information content (AvgIpc) is 2.30. The number of amides is 2. The van der Waals surface area contributed by atoms with Crippen LogP contribution in [0.1, 0.15) is 5.56 Å². The van der Waals surface area contributed by atoms with Crippen molar-refractivity contribution in [2.75, 3.05) is 11.9 Å². The molecule has 1 aromatic carbocycles. The smallest absolute Gasteiger partial charge is 0.313 e. The predicted octanol–water partition coefficient (Wildman–Crippen LogP) is 0.712. The summed E-state index contributed by atoms with van der Waals surface area (Å²) in [5.74, 6) is -2.62. The van der Waals surface area contributed by atoms with Crippen LogP contribution in [0.4, 0.5) is 10.1 Å². The van der Waals surface area contributed by atoms with E-state index in [-0.39, 0.29) is 12.2 Å². The lowest BCUT2D eigenvalue weighted by atomic mass is 10.2. The third-order valence-corrected chi connectivity index (χ3v) is 1.90. The molecular weight excluding hydrogens is 225 g/mol. The monoisotopic (exact) mass is 235 g/mol. The number of aryl methyl sites for hydroxylation is 1. The number of hydrogen-bond donors (Lipinski definition) is 2. The standard InChI is InChI=1S/C11H10FN3O2/c1-7-2-3-8(12)9(6-7)15-11(17)10(16)14-5-4-13/h2-3,6H,5H2,1H3,(H,14,16)(H,15,17). The number of carbonyl (C=O) groups is 2. The Bertz CT molecular complexity index is 494. The summed E-state index contributed by atoms with van der Waals surface area (Å²) in [6.07, 6.45) is 0. The maximum absolute atomic E-state index is 13.2. The van der Waals surface area contributed by atoms with Gasteiger partial charge in [0, 0.05) is 0 Å². The first-order valence-electron chi connectivity index (χ1n) is 4.77. The Morgan fingerprint density at radius 1 is 1.41 bits per heavy atom. The summed E-state index contributed by atoms with van der Waals surface area (Å²) in [7, 11) is 0. The van der Waals surface area contributed by atoms with E-state index in [9.17, 15) is 14.0 Å². The topological polar surface area (TPSA) is 82.0 Å². The summed E-state index contributed by atoms with van der Waals surface area (Å²) >= 11 is 0. The minimum absolute atomic E-state index is 0.0675. The van der Waals surface area contributed by atoms with Gasteiger partial charge in [0.2, 0.25) is 0 Å². The van der Waals surface area contributed by atoms with Crippen molar-refractivity contribution >= 4 is 17.5 Å². The van der Waals surface area contributed by atoms with Gasteiger partial charge in [-0.3, -0.25) is 9.59 Å². The number of hydrogen-bond acceptors (Lipinski definition) is 3. The van der Waals surface area contributed by atoms with Gasteiger partial charge >= 0.3 is 11.8 Å². The first-order chi connectivity index (χ1) is 8.04. The van der Waals surface area contributed by atoms with Crippen LogP contribution in [0.3, 0.4) is 0 Å². The molecule has 0 fully saturated rings. The molecule has 0 atom stereocenters. The fourth-order valence-electron chi connectivity index (χ4n) is 1.11. The van der Waals surface area contributed by atoms with Gasteiger partial charge in [-0.15, -0.1) is 0 Å². The number of nitrogens with zero attached hydrogens (tertiary/aromatic N) is 1. The molecule has 0 aliphatic heterocycles. The van der Waals surface area contributed by atoms with Gasteiger partial charge < -0.3 is 10.6 Å². The second-order valence-electron chi connectivity index (χ2n) is 3.28. The zero-order chi connectivity index (χ0) is 12.8. The van der Waals surface area contributed by atoms with Crippen molar-refractivity contribution in [1.29, 1.82) is 5.26 Å². The minimum atomic E-state index is -1.01. The van der Waals surface area contributed by atoms with Crippen LogP contribution in [0.2, 0.25) is 0 Å². The number of halogens is 1. The number of nitrogens with one attached hydrogen (secondary N) is 2. The molecule has 1 aromatic rings. The normalized spacial score (nSPS) is 9.24. The van der Waals surface area contributed by atoms with Crippen molar-refractivity contribution in [2.45, 2.75) is 6.92 Å². The van der Waals surface area contributed by atoms with Crippen molar-refractivity contribution in [3.8, 4) is 6.07 Å². The molecule has 0 saturated heterocycles. The highest BCUT2D eigenvalue weighted by Gasteiger charge is 2.14. The van der Waals surface area contributed by atoms with E-state index in [0.29, 0.717) is 0 Å². The molecule has 0 aliphatic rings. The van der Waals surface area contributed by atoms with Gasteiger partial charge in [0.15, 0.2) is 0 Å². The third kappa shape index (κ3) is 3.57. The lowest BCUT2D eigenvalue weighted by molar-refractivity contribution is -0.136. The zero-order valence-corrected chi connectivity index (χ0v) is 9.08. The zero-order valence-electron chi connectivity index (χ0n) is 9.08. The summed E-state index contributed by atoms with van der Waals surface area (Å²) in [5.41, 5.74) is 0.682. The van der Waals surface area contributed by atoms with Crippen molar-refractivity contribution in [3.63, 3.8) is 0 Å². The molecule has 0 bridgehead atoms. The van der Waals surface area contributed by atoms with Crippen molar-refractivity contribution < 1.29 is 14.0 Å². The molecule has 88 valence electrons. The van der Waals surface area contributed by atoms with Gasteiger partial charge in [-0.25, -0.2) is 4.39 Å². The lowest BCUT2D eigenvalue weighted by Crippen LogP contribution is -2.35. The summed E-state index contributed by atoms with van der Waals surface area (Å²) in [4.78, 5) is 22.4. The summed E-state index contributed by atoms with van der Waals surface area (Å²) < 4.78 is 13.2. The van der Waals surface area contributed by atoms with Crippen LogP contribution in [0.25, 0.3) is 0 Å². The highest BCUT2D eigenvalue weighted by molar-refractivity contribution is 6.39. The Hall–Kier alpha value is -2.42. The Labute approximate surface area is 97.2 Å². The molecule has 6 heteroatoms. The molecule has 0 radical (unpaired) electrons. The van der Waals surface area contributed by atoms with Crippen molar-refractivity contribution in [2.24, 2.45) is 0 Å². The van der Waals surface area contributed by atoms with Gasteiger partial charge in [0.1, 0.15) is 12.4 Å². The Balaban J connectivity index is 2.71. The second-order valence-corrected chi connectivity index (χ2v) is 3.28. The molecule has 17 heavy (non-hydrogen) atoms. The lowest BCUT2D eigenvalue weighted by Gasteiger charge is -2.06. The van der Waals surface area contributed by atoms with Gasteiger partial charge in [-0.1, -0.05) is 6.07 Å². The van der Waals surface area contributed by atoms with Crippen LogP contribution in [-0.4, -0.2) is 18.4 Å². The maximum Gasteiger partial charge on any atom is 0.313 e. The van der Waals surface area contributed by atoms with E-state index in [1.807, 2.05) is 0 Å². The van der Waals surface area contributed by atoms with Gasteiger partial charge in [-0.2, -0.15) is 5.26 Å². The molecule has 0 aliphatic carbocycles. The number of rotatable bonds is 2. The second kappa shape index (κ2) is 5.61. The van der Waals surface area contributed by atoms with E-state index < -0.39 is 17.6 Å². The SMILES string of the molecule is Cc1ccc(F)c(NC(=O)C(=O)NCC#N)c1. The quantitative estimate of drug-likeness (QED) is 0.585. The predicted molar refractivity (Wildman–Crippen MR) is 58.4 cm³/mol. The van der Waals surface area contributed by atoms with Crippen LogP contribution in [0.5, 0.6) is 0 Å². The third-order valence-electron chi connectivity index (χ3n) is 1.90. The Kier molecular flexibility index (Phi) is 4.17.